The van der Waals surface area contributed by atoms with Crippen LogP contribution < -0.4 is 20.3 Å². The van der Waals surface area contributed by atoms with Gasteiger partial charge in [0.2, 0.25) is 0 Å². The number of hydrogen-bond donors (Lipinski definition) is 1. The Labute approximate surface area is 172 Å². The highest BCUT2D eigenvalue weighted by atomic mass is 35.5. The monoisotopic (exact) mass is 413 g/mol. The van der Waals surface area contributed by atoms with Crippen molar-refractivity contribution in [1.29, 1.82) is 0 Å². The van der Waals surface area contributed by atoms with E-state index in [9.17, 15) is 9.59 Å². The predicted molar refractivity (Wildman–Crippen MR) is 111 cm³/mol. The molecule has 0 atom stereocenters. The van der Waals surface area contributed by atoms with E-state index in [-0.39, 0.29) is 24.6 Å². The molecule has 0 radical (unpaired) electrons. The predicted octanol–water partition coefficient (Wildman–Crippen LogP) is 3.01. The van der Waals surface area contributed by atoms with Crippen LogP contribution in [0.4, 0.5) is 0 Å². The van der Waals surface area contributed by atoms with Gasteiger partial charge in [-0.1, -0.05) is 11.6 Å². The molecule has 3 aromatic rings. The second kappa shape index (κ2) is 9.25. The summed E-state index contributed by atoms with van der Waals surface area (Å²) in [6.07, 6.45) is 1.47. The van der Waals surface area contributed by atoms with Gasteiger partial charge in [0.1, 0.15) is 11.5 Å². The van der Waals surface area contributed by atoms with Crippen molar-refractivity contribution in [2.24, 2.45) is 0 Å². The van der Waals surface area contributed by atoms with E-state index in [2.05, 4.69) is 10.3 Å². The number of halogens is 1. The van der Waals surface area contributed by atoms with E-state index in [1.165, 1.54) is 30.1 Å². The van der Waals surface area contributed by atoms with Gasteiger partial charge in [-0.2, -0.15) is 0 Å². The molecule has 1 aromatic heterocycles. The van der Waals surface area contributed by atoms with E-state index in [1.807, 2.05) is 24.3 Å². The summed E-state index contributed by atoms with van der Waals surface area (Å²) in [6.45, 7) is 0.529. The summed E-state index contributed by atoms with van der Waals surface area (Å²) >= 11 is 5.95. The lowest BCUT2D eigenvalue weighted by atomic mass is 10.1. The standard InChI is InChI=1S/C21H20ClN3O4/c1-28-16-6-3-14(4-7-16)18-12-20(26)25(13-24-18)10-9-23-21(27)17-11-15(22)5-8-19(17)29-2/h3-8,11-13H,9-10H2,1-2H3,(H,23,27). The molecular weight excluding hydrogens is 394 g/mol. The summed E-state index contributed by atoms with van der Waals surface area (Å²) < 4.78 is 11.7. The van der Waals surface area contributed by atoms with E-state index < -0.39 is 0 Å². The van der Waals surface area contributed by atoms with Crippen molar-refractivity contribution in [2.45, 2.75) is 6.54 Å². The number of ether oxygens (including phenoxy) is 2. The van der Waals surface area contributed by atoms with Crippen molar-refractivity contribution >= 4 is 17.5 Å². The fourth-order valence-corrected chi connectivity index (χ4v) is 2.93. The average molecular weight is 414 g/mol. The van der Waals surface area contributed by atoms with Crippen LogP contribution in [0.25, 0.3) is 11.3 Å². The number of amides is 1. The Hall–Kier alpha value is -3.32. The minimum Gasteiger partial charge on any atom is -0.497 e. The molecule has 29 heavy (non-hydrogen) atoms. The van der Waals surface area contributed by atoms with Crippen LogP contribution in [0.15, 0.2) is 59.7 Å². The number of methoxy groups -OCH3 is 2. The molecule has 0 aliphatic heterocycles. The molecule has 0 aliphatic carbocycles. The molecular formula is C21H20ClN3O4. The van der Waals surface area contributed by atoms with Gasteiger partial charge in [0.05, 0.1) is 31.8 Å². The molecule has 0 fully saturated rings. The van der Waals surface area contributed by atoms with E-state index in [4.69, 9.17) is 21.1 Å². The third-order valence-electron chi connectivity index (χ3n) is 4.31. The Morgan fingerprint density at radius 1 is 1.10 bits per heavy atom. The second-order valence-electron chi connectivity index (χ2n) is 6.13. The van der Waals surface area contributed by atoms with Crippen molar-refractivity contribution in [1.82, 2.24) is 14.9 Å². The van der Waals surface area contributed by atoms with Gasteiger partial charge >= 0.3 is 0 Å². The molecule has 150 valence electrons. The van der Waals surface area contributed by atoms with Gasteiger partial charge < -0.3 is 14.8 Å². The zero-order chi connectivity index (χ0) is 20.8. The number of carbonyl (C=O) groups is 1. The number of rotatable bonds is 7. The maximum Gasteiger partial charge on any atom is 0.255 e. The van der Waals surface area contributed by atoms with E-state index in [1.54, 1.807) is 19.2 Å². The summed E-state index contributed by atoms with van der Waals surface area (Å²) in [6, 6.07) is 13.6. The van der Waals surface area contributed by atoms with Crippen LogP contribution in [0.2, 0.25) is 5.02 Å². The highest BCUT2D eigenvalue weighted by molar-refractivity contribution is 6.31. The fourth-order valence-electron chi connectivity index (χ4n) is 2.76. The highest BCUT2D eigenvalue weighted by Crippen LogP contribution is 2.22. The van der Waals surface area contributed by atoms with Crippen LogP contribution in [-0.2, 0) is 6.54 Å². The molecule has 0 saturated carbocycles. The average Bonchev–Trinajstić information content (AvgIpc) is 2.74. The zero-order valence-corrected chi connectivity index (χ0v) is 16.8. The lowest BCUT2D eigenvalue weighted by Crippen LogP contribution is -2.31. The van der Waals surface area contributed by atoms with E-state index >= 15 is 0 Å². The van der Waals surface area contributed by atoms with Gasteiger partial charge in [0.15, 0.2) is 0 Å². The normalized spacial score (nSPS) is 10.4. The number of benzene rings is 2. The Morgan fingerprint density at radius 2 is 1.86 bits per heavy atom. The molecule has 0 unspecified atom stereocenters. The van der Waals surface area contributed by atoms with Gasteiger partial charge in [0.25, 0.3) is 11.5 Å². The second-order valence-corrected chi connectivity index (χ2v) is 6.57. The van der Waals surface area contributed by atoms with Gasteiger partial charge in [0, 0.05) is 29.7 Å². The maximum absolute atomic E-state index is 12.4. The molecule has 1 amide bonds. The van der Waals surface area contributed by atoms with Crippen LogP contribution in [0.3, 0.4) is 0 Å². The molecule has 2 aromatic carbocycles. The number of nitrogens with zero attached hydrogens (tertiary/aromatic N) is 2. The van der Waals surface area contributed by atoms with Crippen molar-refractivity contribution in [3.05, 3.63) is 75.8 Å². The lowest BCUT2D eigenvalue weighted by Gasteiger charge is -2.11. The van der Waals surface area contributed by atoms with E-state index in [0.717, 1.165) is 11.3 Å². The largest absolute Gasteiger partial charge is 0.497 e. The van der Waals surface area contributed by atoms with Crippen molar-refractivity contribution in [3.63, 3.8) is 0 Å². The minimum atomic E-state index is -0.333. The van der Waals surface area contributed by atoms with Gasteiger partial charge in [-0.3, -0.25) is 14.2 Å². The molecule has 0 aliphatic rings. The lowest BCUT2D eigenvalue weighted by molar-refractivity contribution is 0.0949. The topological polar surface area (TPSA) is 82.5 Å². The zero-order valence-electron chi connectivity index (χ0n) is 16.0. The molecule has 0 spiro atoms. The third kappa shape index (κ3) is 4.94. The van der Waals surface area contributed by atoms with Gasteiger partial charge in [-0.05, 0) is 42.5 Å². The molecule has 7 nitrogen and oxygen atoms in total. The Kier molecular flexibility index (Phi) is 6.51. The van der Waals surface area contributed by atoms with Crippen LogP contribution >= 0.6 is 11.6 Å². The number of aromatic nitrogens is 2. The Morgan fingerprint density at radius 3 is 2.52 bits per heavy atom. The first-order chi connectivity index (χ1) is 14.0. The quantitative estimate of drug-likeness (QED) is 0.643. The summed E-state index contributed by atoms with van der Waals surface area (Å²) in [5.74, 6) is 0.823. The Balaban J connectivity index is 1.64. The first-order valence-corrected chi connectivity index (χ1v) is 9.22. The molecule has 0 saturated heterocycles. The highest BCUT2D eigenvalue weighted by Gasteiger charge is 2.12. The van der Waals surface area contributed by atoms with Gasteiger partial charge in [-0.15, -0.1) is 0 Å². The molecule has 8 heteroatoms. The van der Waals surface area contributed by atoms with Gasteiger partial charge in [-0.25, -0.2) is 4.98 Å². The minimum absolute atomic E-state index is 0.208. The molecule has 3 rings (SSSR count). The summed E-state index contributed by atoms with van der Waals surface area (Å²) in [5.41, 5.74) is 1.51. The fraction of sp³-hybridized carbons (Fsp3) is 0.190. The van der Waals surface area contributed by atoms with Crippen LogP contribution in [0.5, 0.6) is 11.5 Å². The summed E-state index contributed by atoms with van der Waals surface area (Å²) in [7, 11) is 3.07. The first kappa shape index (κ1) is 20.4. The van der Waals surface area contributed by atoms with Crippen LogP contribution in [0.1, 0.15) is 10.4 Å². The van der Waals surface area contributed by atoms with Crippen molar-refractivity contribution in [2.75, 3.05) is 20.8 Å². The van der Waals surface area contributed by atoms with Crippen molar-refractivity contribution < 1.29 is 14.3 Å². The number of carbonyl (C=O) groups excluding carboxylic acids is 1. The third-order valence-corrected chi connectivity index (χ3v) is 4.54. The van der Waals surface area contributed by atoms with E-state index in [0.29, 0.717) is 22.0 Å². The SMILES string of the molecule is COc1ccc(-c2cc(=O)n(CCNC(=O)c3cc(Cl)ccc3OC)cn2)cc1. The maximum atomic E-state index is 12.4. The van der Waals surface area contributed by atoms with Crippen LogP contribution in [-0.4, -0.2) is 36.2 Å². The molecule has 0 bridgehead atoms. The van der Waals surface area contributed by atoms with Crippen molar-refractivity contribution in [3.8, 4) is 22.8 Å². The first-order valence-electron chi connectivity index (χ1n) is 8.84. The summed E-state index contributed by atoms with van der Waals surface area (Å²) in [5, 5.41) is 3.19. The smallest absolute Gasteiger partial charge is 0.255 e. The summed E-state index contributed by atoms with van der Waals surface area (Å²) in [4.78, 5) is 29.1. The molecule has 1 N–H and O–H groups in total. The molecule has 1 heterocycles. The van der Waals surface area contributed by atoms with Crippen LogP contribution in [0, 0.1) is 0 Å². The number of hydrogen-bond acceptors (Lipinski definition) is 5. The Bertz CT molecular complexity index is 1060. The number of nitrogens with one attached hydrogen (secondary N) is 1.